The number of nitrogen functional groups attached to an aromatic ring is 1. The van der Waals surface area contributed by atoms with E-state index in [1.165, 1.54) is 0 Å². The number of aryl methyl sites for hydroxylation is 1. The van der Waals surface area contributed by atoms with Crippen molar-refractivity contribution >= 4 is 22.5 Å². The van der Waals surface area contributed by atoms with Crippen LogP contribution in [-0.2, 0) is 6.54 Å². The first-order valence-corrected chi connectivity index (χ1v) is 6.70. The minimum absolute atomic E-state index is 0.109. The molecule has 0 aliphatic rings. The molecular weight excluding hydrogens is 264 g/mol. The number of rotatable bonds is 3. The Kier molecular flexibility index (Phi) is 3.31. The number of nitrogens with one attached hydrogen (secondary N) is 2. The lowest BCUT2D eigenvalue weighted by atomic mass is 10.1. The number of H-pyrrole nitrogens is 1. The molecule has 5 nitrogen and oxygen atoms in total. The van der Waals surface area contributed by atoms with Crippen LogP contribution >= 0.6 is 0 Å². The molecule has 0 unspecified atom stereocenters. The number of carbonyl (C=O) groups is 1. The van der Waals surface area contributed by atoms with Gasteiger partial charge in [0.2, 0.25) is 0 Å². The number of nitrogens with zero attached hydrogens (tertiary/aromatic N) is 1. The highest BCUT2D eigenvalue weighted by atomic mass is 16.1. The number of benzene rings is 2. The third kappa shape index (κ3) is 2.72. The van der Waals surface area contributed by atoms with Crippen LogP contribution in [0.3, 0.4) is 0 Å². The molecule has 0 saturated carbocycles. The molecule has 0 atom stereocenters. The monoisotopic (exact) mass is 280 g/mol. The Balaban J connectivity index is 1.71. The summed E-state index contributed by atoms with van der Waals surface area (Å²) < 4.78 is 0. The van der Waals surface area contributed by atoms with Crippen molar-refractivity contribution in [3.63, 3.8) is 0 Å². The third-order valence-corrected chi connectivity index (χ3v) is 3.49. The molecule has 0 spiro atoms. The van der Waals surface area contributed by atoms with Crippen LogP contribution < -0.4 is 11.1 Å². The van der Waals surface area contributed by atoms with Crippen molar-refractivity contribution in [1.29, 1.82) is 0 Å². The number of hydrogen-bond acceptors (Lipinski definition) is 3. The summed E-state index contributed by atoms with van der Waals surface area (Å²) in [5.74, 6) is -0.109. The van der Waals surface area contributed by atoms with E-state index in [9.17, 15) is 4.79 Å². The summed E-state index contributed by atoms with van der Waals surface area (Å²) in [6.07, 6.45) is 1.77. The van der Waals surface area contributed by atoms with E-state index in [2.05, 4.69) is 15.5 Å². The topological polar surface area (TPSA) is 83.8 Å². The van der Waals surface area contributed by atoms with Crippen LogP contribution in [0.2, 0.25) is 0 Å². The number of carbonyl (C=O) groups excluding carboxylic acids is 1. The Hall–Kier alpha value is -2.82. The Morgan fingerprint density at radius 3 is 2.95 bits per heavy atom. The molecule has 0 bridgehead atoms. The van der Waals surface area contributed by atoms with Crippen LogP contribution in [0.4, 0.5) is 5.69 Å². The van der Waals surface area contributed by atoms with E-state index in [4.69, 9.17) is 5.73 Å². The van der Waals surface area contributed by atoms with Crippen LogP contribution in [-0.4, -0.2) is 16.1 Å². The molecule has 1 amide bonds. The maximum atomic E-state index is 12.1. The Bertz CT molecular complexity index is 807. The highest BCUT2D eigenvalue weighted by Crippen LogP contribution is 2.14. The number of aromatic nitrogens is 2. The Morgan fingerprint density at radius 2 is 2.14 bits per heavy atom. The van der Waals surface area contributed by atoms with Crippen molar-refractivity contribution in [1.82, 2.24) is 15.5 Å². The summed E-state index contributed by atoms with van der Waals surface area (Å²) in [5, 5.41) is 10.9. The molecule has 4 N–H and O–H groups in total. The van der Waals surface area contributed by atoms with Crippen molar-refractivity contribution in [2.24, 2.45) is 0 Å². The normalized spacial score (nSPS) is 10.7. The maximum absolute atomic E-state index is 12.1. The molecule has 3 rings (SSSR count). The zero-order chi connectivity index (χ0) is 14.8. The molecule has 0 saturated heterocycles. The highest BCUT2D eigenvalue weighted by Gasteiger charge is 2.07. The standard InChI is InChI=1S/C16H16N4O/c1-10-6-12(4-5-14(10)17)16(21)18-8-11-2-3-13-9-19-20-15(13)7-11/h2-7,9H,8,17H2,1H3,(H,18,21)(H,19,20). The highest BCUT2D eigenvalue weighted by molar-refractivity contribution is 5.94. The van der Waals surface area contributed by atoms with E-state index in [0.29, 0.717) is 17.8 Å². The van der Waals surface area contributed by atoms with Gasteiger partial charge in [-0.15, -0.1) is 0 Å². The molecule has 0 aliphatic carbocycles. The van der Waals surface area contributed by atoms with Gasteiger partial charge in [-0.2, -0.15) is 5.10 Å². The first-order chi connectivity index (χ1) is 10.1. The van der Waals surface area contributed by atoms with E-state index >= 15 is 0 Å². The van der Waals surface area contributed by atoms with Crippen molar-refractivity contribution in [2.75, 3.05) is 5.73 Å². The van der Waals surface area contributed by atoms with Gasteiger partial charge in [-0.05, 0) is 42.3 Å². The van der Waals surface area contributed by atoms with E-state index in [-0.39, 0.29) is 5.91 Å². The van der Waals surface area contributed by atoms with Gasteiger partial charge in [-0.1, -0.05) is 12.1 Å². The third-order valence-electron chi connectivity index (χ3n) is 3.49. The zero-order valence-corrected chi connectivity index (χ0v) is 11.7. The number of anilines is 1. The fraction of sp³-hybridized carbons (Fsp3) is 0.125. The molecular formula is C16H16N4O. The largest absolute Gasteiger partial charge is 0.399 e. The predicted octanol–water partition coefficient (Wildman–Crippen LogP) is 2.38. The molecule has 1 aromatic heterocycles. The predicted molar refractivity (Wildman–Crippen MR) is 82.9 cm³/mol. The average molecular weight is 280 g/mol. The minimum atomic E-state index is -0.109. The fourth-order valence-electron chi connectivity index (χ4n) is 2.20. The molecule has 2 aromatic carbocycles. The second kappa shape index (κ2) is 5.28. The van der Waals surface area contributed by atoms with E-state index in [1.54, 1.807) is 24.4 Å². The van der Waals surface area contributed by atoms with Gasteiger partial charge in [-0.25, -0.2) is 0 Å². The van der Waals surface area contributed by atoms with Crippen LogP contribution in [0, 0.1) is 6.92 Å². The molecule has 0 aliphatic heterocycles. The van der Waals surface area contributed by atoms with Crippen molar-refractivity contribution in [2.45, 2.75) is 13.5 Å². The lowest BCUT2D eigenvalue weighted by Gasteiger charge is -2.07. The van der Waals surface area contributed by atoms with Gasteiger partial charge in [0.05, 0.1) is 11.7 Å². The van der Waals surface area contributed by atoms with Gasteiger partial charge in [0.25, 0.3) is 5.91 Å². The lowest BCUT2D eigenvalue weighted by molar-refractivity contribution is 0.0951. The lowest BCUT2D eigenvalue weighted by Crippen LogP contribution is -2.22. The van der Waals surface area contributed by atoms with E-state index < -0.39 is 0 Å². The molecule has 5 heteroatoms. The smallest absolute Gasteiger partial charge is 0.251 e. The number of amides is 1. The summed E-state index contributed by atoms with van der Waals surface area (Å²) in [7, 11) is 0. The van der Waals surface area contributed by atoms with E-state index in [0.717, 1.165) is 22.0 Å². The quantitative estimate of drug-likeness (QED) is 0.644. The molecule has 0 fully saturated rings. The molecule has 3 aromatic rings. The summed E-state index contributed by atoms with van der Waals surface area (Å²) in [4.78, 5) is 12.1. The van der Waals surface area contributed by atoms with Crippen molar-refractivity contribution in [3.8, 4) is 0 Å². The van der Waals surface area contributed by atoms with Crippen molar-refractivity contribution < 1.29 is 4.79 Å². The molecule has 0 radical (unpaired) electrons. The van der Waals surface area contributed by atoms with Gasteiger partial charge in [0.15, 0.2) is 0 Å². The van der Waals surface area contributed by atoms with Gasteiger partial charge in [0.1, 0.15) is 0 Å². The summed E-state index contributed by atoms with van der Waals surface area (Å²) in [6.45, 7) is 2.36. The molecule has 21 heavy (non-hydrogen) atoms. The van der Waals surface area contributed by atoms with Crippen LogP contribution in [0.5, 0.6) is 0 Å². The number of fused-ring (bicyclic) bond motifs is 1. The second-order valence-corrected chi connectivity index (χ2v) is 5.05. The number of nitrogens with two attached hydrogens (primary N) is 1. The van der Waals surface area contributed by atoms with Gasteiger partial charge >= 0.3 is 0 Å². The van der Waals surface area contributed by atoms with Gasteiger partial charge in [-0.3, -0.25) is 9.89 Å². The average Bonchev–Trinajstić information content (AvgIpc) is 2.95. The SMILES string of the molecule is Cc1cc(C(=O)NCc2ccc3cn[nH]c3c2)ccc1N. The number of hydrogen-bond donors (Lipinski definition) is 3. The van der Waals surface area contributed by atoms with E-state index in [1.807, 2.05) is 25.1 Å². The summed E-state index contributed by atoms with van der Waals surface area (Å²) in [5.41, 5.74) is 9.95. The Labute approximate surface area is 122 Å². The first kappa shape index (κ1) is 13.2. The minimum Gasteiger partial charge on any atom is -0.399 e. The summed E-state index contributed by atoms with van der Waals surface area (Å²) in [6, 6.07) is 11.2. The Morgan fingerprint density at radius 1 is 1.29 bits per heavy atom. The van der Waals surface area contributed by atoms with Crippen LogP contribution in [0.1, 0.15) is 21.5 Å². The van der Waals surface area contributed by atoms with Crippen molar-refractivity contribution in [3.05, 3.63) is 59.3 Å². The first-order valence-electron chi connectivity index (χ1n) is 6.70. The van der Waals surface area contributed by atoms with Crippen LogP contribution in [0.25, 0.3) is 10.9 Å². The summed E-state index contributed by atoms with van der Waals surface area (Å²) >= 11 is 0. The molecule has 1 heterocycles. The number of aromatic amines is 1. The zero-order valence-electron chi connectivity index (χ0n) is 11.7. The second-order valence-electron chi connectivity index (χ2n) is 5.05. The van der Waals surface area contributed by atoms with Crippen LogP contribution in [0.15, 0.2) is 42.6 Å². The van der Waals surface area contributed by atoms with Gasteiger partial charge in [0, 0.05) is 23.2 Å². The molecule has 106 valence electrons. The maximum Gasteiger partial charge on any atom is 0.251 e. The van der Waals surface area contributed by atoms with Gasteiger partial charge < -0.3 is 11.1 Å². The fourth-order valence-corrected chi connectivity index (χ4v) is 2.20.